The van der Waals surface area contributed by atoms with Crippen LogP contribution in [0.15, 0.2) is 78.9 Å². The van der Waals surface area contributed by atoms with Crippen LogP contribution >= 0.6 is 0 Å². The lowest BCUT2D eigenvalue weighted by atomic mass is 10.0. The molecule has 1 aliphatic heterocycles. The van der Waals surface area contributed by atoms with Crippen molar-refractivity contribution < 1.29 is 18.7 Å². The smallest absolute Gasteiger partial charge is 0.404 e. The summed E-state index contributed by atoms with van der Waals surface area (Å²) in [5.74, 6) is -0.433. The fourth-order valence-corrected chi connectivity index (χ4v) is 5.16. The van der Waals surface area contributed by atoms with E-state index in [1.54, 1.807) is 12.1 Å². The highest BCUT2D eigenvalue weighted by Crippen LogP contribution is 2.33. The Hall–Kier alpha value is -4.17. The zero-order valence-corrected chi connectivity index (χ0v) is 20.3. The number of fused-ring (bicyclic) bond motifs is 1. The summed E-state index contributed by atoms with van der Waals surface area (Å²) < 4.78 is 18.7. The number of halogens is 1. The van der Waals surface area contributed by atoms with Gasteiger partial charge in [0, 0.05) is 48.1 Å². The van der Waals surface area contributed by atoms with Crippen LogP contribution in [0, 0.1) is 11.7 Å². The van der Waals surface area contributed by atoms with Crippen molar-refractivity contribution in [3.63, 3.8) is 0 Å². The highest BCUT2D eigenvalue weighted by molar-refractivity contribution is 6.09. The Morgan fingerprint density at radius 2 is 1.76 bits per heavy atom. The van der Waals surface area contributed by atoms with Crippen molar-refractivity contribution in [2.75, 3.05) is 19.7 Å². The maximum Gasteiger partial charge on any atom is 0.404 e. The van der Waals surface area contributed by atoms with Gasteiger partial charge in [-0.05, 0) is 35.7 Å². The summed E-state index contributed by atoms with van der Waals surface area (Å²) in [6.07, 6.45) is -0.0174. The Labute approximate surface area is 214 Å². The summed E-state index contributed by atoms with van der Waals surface area (Å²) in [7, 11) is 0. The number of H-pyrrole nitrogens is 1. The Morgan fingerprint density at radius 3 is 2.51 bits per heavy atom. The summed E-state index contributed by atoms with van der Waals surface area (Å²) in [5.41, 5.74) is 9.12. The molecule has 5 rings (SSSR count). The first-order valence-corrected chi connectivity index (χ1v) is 12.3. The van der Waals surface area contributed by atoms with Gasteiger partial charge in [0.1, 0.15) is 11.5 Å². The fourth-order valence-electron chi connectivity index (χ4n) is 5.16. The number of hydrogen-bond acceptors (Lipinski definition) is 4. The van der Waals surface area contributed by atoms with E-state index in [0.717, 1.165) is 41.5 Å². The zero-order valence-electron chi connectivity index (χ0n) is 20.3. The Balaban J connectivity index is 1.35. The van der Waals surface area contributed by atoms with Gasteiger partial charge in [0.2, 0.25) is 0 Å². The minimum Gasteiger partial charge on any atom is -0.449 e. The predicted molar refractivity (Wildman–Crippen MR) is 140 cm³/mol. The number of ether oxygens (including phenoxy) is 1. The number of aromatic nitrogens is 1. The first-order valence-electron chi connectivity index (χ1n) is 12.3. The molecule has 7 nitrogen and oxygen atoms in total. The molecule has 2 atom stereocenters. The van der Waals surface area contributed by atoms with Gasteiger partial charge in [-0.15, -0.1) is 0 Å². The molecule has 1 saturated heterocycles. The summed E-state index contributed by atoms with van der Waals surface area (Å²) in [6, 6.07) is 24.0. The van der Waals surface area contributed by atoms with Gasteiger partial charge in [-0.2, -0.15) is 0 Å². The lowest BCUT2D eigenvalue weighted by Crippen LogP contribution is -2.40. The van der Waals surface area contributed by atoms with Crippen LogP contribution in [0.4, 0.5) is 9.18 Å². The van der Waals surface area contributed by atoms with E-state index in [-0.39, 0.29) is 30.3 Å². The standard InChI is InChI=1S/C29H29FN4O3/c30-22-12-10-21(11-13-22)26-24-8-4-5-9-25(24)33-27(26)28(35)32-15-23-14-20(18-37-29(31)36)17-34(23)16-19-6-2-1-3-7-19/h1-13,20,23,33H,14-18H2,(H2,31,36)(H,32,35)/t20-,23-/m0/s1. The molecule has 1 aliphatic rings. The van der Waals surface area contributed by atoms with Crippen molar-refractivity contribution in [2.45, 2.75) is 19.0 Å². The summed E-state index contributed by atoms with van der Waals surface area (Å²) in [4.78, 5) is 30.2. The van der Waals surface area contributed by atoms with E-state index in [1.807, 2.05) is 42.5 Å². The van der Waals surface area contributed by atoms with Gasteiger partial charge in [0.25, 0.3) is 5.91 Å². The van der Waals surface area contributed by atoms with E-state index in [0.29, 0.717) is 12.2 Å². The lowest BCUT2D eigenvalue weighted by molar-refractivity contribution is 0.0936. The van der Waals surface area contributed by atoms with Gasteiger partial charge >= 0.3 is 6.09 Å². The van der Waals surface area contributed by atoms with Crippen molar-refractivity contribution in [3.05, 3.63) is 95.9 Å². The minimum absolute atomic E-state index is 0.0595. The number of benzene rings is 3. The van der Waals surface area contributed by atoms with Gasteiger partial charge in [0.15, 0.2) is 0 Å². The van der Waals surface area contributed by atoms with Crippen molar-refractivity contribution in [2.24, 2.45) is 11.7 Å². The maximum atomic E-state index is 13.6. The summed E-state index contributed by atoms with van der Waals surface area (Å²) in [6.45, 7) is 2.14. The number of carbonyl (C=O) groups is 2. The summed E-state index contributed by atoms with van der Waals surface area (Å²) >= 11 is 0. The van der Waals surface area contributed by atoms with Crippen LogP contribution in [0.3, 0.4) is 0 Å². The number of nitrogens with one attached hydrogen (secondary N) is 2. The average molecular weight is 501 g/mol. The monoisotopic (exact) mass is 500 g/mol. The van der Waals surface area contributed by atoms with Crippen LogP contribution in [0.25, 0.3) is 22.0 Å². The Kier molecular flexibility index (Phi) is 7.18. The molecule has 1 aromatic heterocycles. The van der Waals surface area contributed by atoms with Crippen molar-refractivity contribution in [1.29, 1.82) is 0 Å². The number of nitrogens with two attached hydrogens (primary N) is 1. The fraction of sp³-hybridized carbons (Fsp3) is 0.241. The largest absolute Gasteiger partial charge is 0.449 e. The molecule has 190 valence electrons. The third-order valence-corrected chi connectivity index (χ3v) is 6.87. The molecule has 8 heteroatoms. The van der Waals surface area contributed by atoms with Crippen LogP contribution in [-0.2, 0) is 11.3 Å². The third kappa shape index (κ3) is 5.65. The van der Waals surface area contributed by atoms with Crippen molar-refractivity contribution >= 4 is 22.9 Å². The van der Waals surface area contributed by atoms with Gasteiger partial charge in [-0.3, -0.25) is 9.69 Å². The molecule has 0 spiro atoms. The number of aromatic amines is 1. The van der Waals surface area contributed by atoms with E-state index >= 15 is 0 Å². The SMILES string of the molecule is NC(=O)OC[C@H]1C[C@@H](CNC(=O)c2[nH]c3ccccc3c2-c2ccc(F)cc2)N(Cc2ccccc2)C1. The topological polar surface area (TPSA) is 100 Å². The van der Waals surface area contributed by atoms with Crippen molar-refractivity contribution in [1.82, 2.24) is 15.2 Å². The minimum atomic E-state index is -0.779. The molecule has 2 heterocycles. The van der Waals surface area contributed by atoms with E-state index in [4.69, 9.17) is 10.5 Å². The average Bonchev–Trinajstić information content (AvgIpc) is 3.48. The van der Waals surface area contributed by atoms with Gasteiger partial charge in [0.05, 0.1) is 6.61 Å². The molecule has 4 aromatic rings. The van der Waals surface area contributed by atoms with Gasteiger partial charge in [-0.1, -0.05) is 60.7 Å². The van der Waals surface area contributed by atoms with E-state index in [1.165, 1.54) is 17.7 Å². The molecule has 0 saturated carbocycles. The van der Waals surface area contributed by atoms with E-state index in [9.17, 15) is 14.0 Å². The molecule has 37 heavy (non-hydrogen) atoms. The van der Waals surface area contributed by atoms with E-state index < -0.39 is 6.09 Å². The molecule has 0 unspecified atom stereocenters. The zero-order chi connectivity index (χ0) is 25.8. The highest BCUT2D eigenvalue weighted by Gasteiger charge is 2.33. The predicted octanol–water partition coefficient (Wildman–Crippen LogP) is 4.69. The first-order chi connectivity index (χ1) is 18.0. The second-order valence-electron chi connectivity index (χ2n) is 9.44. The van der Waals surface area contributed by atoms with Crippen LogP contribution in [-0.4, -0.2) is 47.6 Å². The molecule has 0 aliphatic carbocycles. The number of para-hydroxylation sites is 1. The number of likely N-dealkylation sites (tertiary alicyclic amines) is 1. The number of hydrogen-bond donors (Lipinski definition) is 3. The van der Waals surface area contributed by atoms with Crippen LogP contribution < -0.4 is 11.1 Å². The highest BCUT2D eigenvalue weighted by atomic mass is 19.1. The maximum absolute atomic E-state index is 13.6. The normalized spacial score (nSPS) is 17.6. The van der Waals surface area contributed by atoms with E-state index in [2.05, 4.69) is 27.3 Å². The number of carbonyl (C=O) groups excluding carboxylic acids is 2. The Bertz CT molecular complexity index is 1390. The first kappa shape index (κ1) is 24.5. The second kappa shape index (κ2) is 10.8. The molecule has 4 N–H and O–H groups in total. The number of amides is 2. The van der Waals surface area contributed by atoms with Crippen LogP contribution in [0.1, 0.15) is 22.5 Å². The second-order valence-corrected chi connectivity index (χ2v) is 9.44. The molecular weight excluding hydrogens is 471 g/mol. The number of rotatable bonds is 8. The summed E-state index contributed by atoms with van der Waals surface area (Å²) in [5, 5.41) is 4.00. The Morgan fingerprint density at radius 1 is 1.03 bits per heavy atom. The molecule has 2 amide bonds. The van der Waals surface area contributed by atoms with Crippen molar-refractivity contribution in [3.8, 4) is 11.1 Å². The van der Waals surface area contributed by atoms with Crippen LogP contribution in [0.5, 0.6) is 0 Å². The quantitative estimate of drug-likeness (QED) is 0.327. The number of primary amides is 1. The molecular formula is C29H29FN4O3. The molecule has 1 fully saturated rings. The van der Waals surface area contributed by atoms with Gasteiger partial charge < -0.3 is 20.8 Å². The van der Waals surface area contributed by atoms with Gasteiger partial charge in [-0.25, -0.2) is 9.18 Å². The molecule has 0 bridgehead atoms. The van der Waals surface area contributed by atoms with Crippen LogP contribution in [0.2, 0.25) is 0 Å². The number of nitrogens with zero attached hydrogens (tertiary/aromatic N) is 1. The lowest BCUT2D eigenvalue weighted by Gasteiger charge is -2.24. The third-order valence-electron chi connectivity index (χ3n) is 6.87. The molecule has 3 aromatic carbocycles. The molecule has 0 radical (unpaired) electrons.